The van der Waals surface area contributed by atoms with Gasteiger partial charge in [-0.25, -0.2) is 0 Å². The van der Waals surface area contributed by atoms with Crippen molar-refractivity contribution in [1.82, 2.24) is 10.0 Å². The predicted molar refractivity (Wildman–Crippen MR) is 47.1 cm³/mol. The molecule has 0 aromatic rings. The van der Waals surface area contributed by atoms with E-state index in [0.717, 1.165) is 12.0 Å². The van der Waals surface area contributed by atoms with Gasteiger partial charge in [-0.15, -0.1) is 0 Å². The van der Waals surface area contributed by atoms with Crippen LogP contribution in [0, 0.1) is 5.92 Å². The highest BCUT2D eigenvalue weighted by Crippen LogP contribution is 2.26. The van der Waals surface area contributed by atoms with E-state index in [1.807, 2.05) is 7.05 Å². The average Bonchev–Trinajstić information content (AvgIpc) is 1.86. The third-order valence-electron chi connectivity index (χ3n) is 2.16. The van der Waals surface area contributed by atoms with E-state index in [1.165, 1.54) is 19.4 Å². The Morgan fingerprint density at radius 2 is 2.20 bits per heavy atom. The summed E-state index contributed by atoms with van der Waals surface area (Å²) in [5, 5.41) is 3.27. The number of rotatable bonds is 4. The third-order valence-corrected chi connectivity index (χ3v) is 2.62. The van der Waals surface area contributed by atoms with Crippen LogP contribution in [0.2, 0.25) is 0 Å². The predicted octanol–water partition coefficient (Wildman–Crippen LogP) is 0.852. The van der Waals surface area contributed by atoms with Crippen LogP contribution in [0.1, 0.15) is 12.8 Å². The van der Waals surface area contributed by atoms with Gasteiger partial charge in [-0.2, -0.15) is 0 Å². The SMILES string of the molecule is CNC1CC(CNSC)C1. The first-order valence-corrected chi connectivity index (χ1v) is 5.02. The highest BCUT2D eigenvalue weighted by atomic mass is 32.2. The van der Waals surface area contributed by atoms with Gasteiger partial charge in [0.1, 0.15) is 0 Å². The van der Waals surface area contributed by atoms with Crippen LogP contribution in [-0.2, 0) is 0 Å². The van der Waals surface area contributed by atoms with E-state index >= 15 is 0 Å². The van der Waals surface area contributed by atoms with Gasteiger partial charge in [0.25, 0.3) is 0 Å². The van der Waals surface area contributed by atoms with Crippen molar-refractivity contribution in [1.29, 1.82) is 0 Å². The first-order valence-electron chi connectivity index (χ1n) is 3.80. The second kappa shape index (κ2) is 4.21. The summed E-state index contributed by atoms with van der Waals surface area (Å²) in [6, 6.07) is 0.800. The minimum atomic E-state index is 0.800. The van der Waals surface area contributed by atoms with E-state index in [9.17, 15) is 0 Å². The minimum Gasteiger partial charge on any atom is -0.317 e. The molecule has 1 aliphatic carbocycles. The van der Waals surface area contributed by atoms with Crippen molar-refractivity contribution in [2.24, 2.45) is 5.92 Å². The molecule has 1 saturated carbocycles. The van der Waals surface area contributed by atoms with Crippen molar-refractivity contribution < 1.29 is 0 Å². The zero-order valence-corrected chi connectivity index (χ0v) is 7.50. The lowest BCUT2D eigenvalue weighted by Crippen LogP contribution is -2.42. The fourth-order valence-electron chi connectivity index (χ4n) is 1.34. The molecule has 1 rings (SSSR count). The van der Waals surface area contributed by atoms with Gasteiger partial charge in [0.2, 0.25) is 0 Å². The molecular weight excluding hydrogens is 144 g/mol. The molecule has 0 atom stereocenters. The molecule has 3 heteroatoms. The maximum Gasteiger partial charge on any atom is 0.00879 e. The molecule has 0 heterocycles. The molecule has 1 aliphatic rings. The molecule has 2 N–H and O–H groups in total. The van der Waals surface area contributed by atoms with Crippen LogP contribution in [-0.4, -0.2) is 25.9 Å². The second-order valence-corrected chi connectivity index (χ2v) is 3.57. The van der Waals surface area contributed by atoms with Crippen molar-refractivity contribution in [3.8, 4) is 0 Å². The van der Waals surface area contributed by atoms with Crippen molar-refractivity contribution in [2.75, 3.05) is 19.8 Å². The van der Waals surface area contributed by atoms with Gasteiger partial charge in [-0.3, -0.25) is 4.72 Å². The van der Waals surface area contributed by atoms with E-state index in [0.29, 0.717) is 0 Å². The second-order valence-electron chi connectivity index (χ2n) is 2.88. The molecule has 0 aromatic heterocycles. The first kappa shape index (κ1) is 8.37. The fraction of sp³-hybridized carbons (Fsp3) is 1.00. The van der Waals surface area contributed by atoms with Gasteiger partial charge in [0.15, 0.2) is 0 Å². The summed E-state index contributed by atoms with van der Waals surface area (Å²) in [6.45, 7) is 1.18. The zero-order chi connectivity index (χ0) is 7.40. The molecule has 0 aromatic carbocycles. The molecule has 0 saturated heterocycles. The Balaban J connectivity index is 1.93. The Morgan fingerprint density at radius 3 is 2.70 bits per heavy atom. The van der Waals surface area contributed by atoms with Gasteiger partial charge < -0.3 is 5.32 Å². The Labute approximate surface area is 67.3 Å². The molecule has 0 spiro atoms. The normalized spacial score (nSPS) is 31.8. The fourth-order valence-corrected chi connectivity index (χ4v) is 1.74. The lowest BCUT2D eigenvalue weighted by atomic mass is 9.80. The summed E-state index contributed by atoms with van der Waals surface area (Å²) >= 11 is 1.72. The number of nitrogens with one attached hydrogen (secondary N) is 2. The van der Waals surface area contributed by atoms with Gasteiger partial charge in [0, 0.05) is 12.6 Å². The van der Waals surface area contributed by atoms with Gasteiger partial charge in [-0.1, -0.05) is 11.9 Å². The molecule has 0 bridgehead atoms. The monoisotopic (exact) mass is 160 g/mol. The number of hydrogen-bond donors (Lipinski definition) is 2. The molecule has 2 nitrogen and oxygen atoms in total. The lowest BCUT2D eigenvalue weighted by Gasteiger charge is -2.34. The Morgan fingerprint density at radius 1 is 1.50 bits per heavy atom. The number of hydrogen-bond acceptors (Lipinski definition) is 3. The van der Waals surface area contributed by atoms with E-state index in [4.69, 9.17) is 0 Å². The third kappa shape index (κ3) is 2.15. The van der Waals surface area contributed by atoms with Crippen molar-refractivity contribution in [3.63, 3.8) is 0 Å². The summed E-state index contributed by atoms with van der Waals surface area (Å²) in [7, 11) is 2.04. The lowest BCUT2D eigenvalue weighted by molar-refractivity contribution is 0.236. The van der Waals surface area contributed by atoms with E-state index in [-0.39, 0.29) is 0 Å². The van der Waals surface area contributed by atoms with Gasteiger partial charge in [-0.05, 0) is 32.1 Å². The van der Waals surface area contributed by atoms with Crippen molar-refractivity contribution in [3.05, 3.63) is 0 Å². The maximum atomic E-state index is 3.28. The molecule has 10 heavy (non-hydrogen) atoms. The Kier molecular flexibility index (Phi) is 3.52. The summed E-state index contributed by atoms with van der Waals surface area (Å²) in [6.07, 6.45) is 4.78. The molecule has 0 unspecified atom stereocenters. The minimum absolute atomic E-state index is 0.800. The Bertz CT molecular complexity index is 88.9. The molecule has 1 fully saturated rings. The molecule has 0 aliphatic heterocycles. The van der Waals surface area contributed by atoms with Crippen molar-refractivity contribution in [2.45, 2.75) is 18.9 Å². The zero-order valence-electron chi connectivity index (χ0n) is 6.68. The maximum absolute atomic E-state index is 3.28. The average molecular weight is 160 g/mol. The largest absolute Gasteiger partial charge is 0.317 e. The van der Waals surface area contributed by atoms with Crippen LogP contribution >= 0.6 is 11.9 Å². The van der Waals surface area contributed by atoms with Gasteiger partial charge >= 0.3 is 0 Å². The van der Waals surface area contributed by atoms with Crippen LogP contribution in [0.15, 0.2) is 0 Å². The smallest absolute Gasteiger partial charge is 0.00879 e. The molecule has 0 amide bonds. The summed E-state index contributed by atoms with van der Waals surface area (Å²) in [4.78, 5) is 0. The van der Waals surface area contributed by atoms with E-state index in [1.54, 1.807) is 11.9 Å². The molecule has 0 radical (unpaired) electrons. The molecular formula is C7H16N2S. The summed E-state index contributed by atoms with van der Waals surface area (Å²) in [5.74, 6) is 0.921. The highest BCUT2D eigenvalue weighted by Gasteiger charge is 2.26. The standard InChI is InChI=1S/C7H16N2S/c1-8-7-3-6(4-7)5-9-10-2/h6-9H,3-5H2,1-2H3. The first-order chi connectivity index (χ1) is 4.86. The summed E-state index contributed by atoms with van der Waals surface area (Å²) < 4.78 is 3.28. The Hall–Kier alpha value is 0.270. The highest BCUT2D eigenvalue weighted by molar-refractivity contribution is 7.96. The van der Waals surface area contributed by atoms with Crippen molar-refractivity contribution >= 4 is 11.9 Å². The van der Waals surface area contributed by atoms with E-state index in [2.05, 4.69) is 16.3 Å². The quantitative estimate of drug-likeness (QED) is 0.596. The summed E-state index contributed by atoms with van der Waals surface area (Å²) in [5.41, 5.74) is 0. The van der Waals surface area contributed by atoms with Crippen LogP contribution < -0.4 is 10.0 Å². The van der Waals surface area contributed by atoms with Crippen LogP contribution in [0.3, 0.4) is 0 Å². The van der Waals surface area contributed by atoms with Crippen LogP contribution in [0.25, 0.3) is 0 Å². The van der Waals surface area contributed by atoms with E-state index < -0.39 is 0 Å². The molecule has 60 valence electrons. The topological polar surface area (TPSA) is 24.1 Å². The van der Waals surface area contributed by atoms with Crippen LogP contribution in [0.5, 0.6) is 0 Å². The van der Waals surface area contributed by atoms with Crippen LogP contribution in [0.4, 0.5) is 0 Å². The van der Waals surface area contributed by atoms with Gasteiger partial charge in [0.05, 0.1) is 0 Å².